The van der Waals surface area contributed by atoms with Gasteiger partial charge in [-0.3, -0.25) is 4.79 Å². The fraction of sp³-hybridized carbons (Fsp3) is 0.500. The van der Waals surface area contributed by atoms with Crippen LogP contribution < -0.4 is 0 Å². The third-order valence-electron chi connectivity index (χ3n) is 1.22. The molecule has 0 spiro atoms. The molecule has 6 heteroatoms. The quantitative estimate of drug-likeness (QED) is 0.236. The summed E-state index contributed by atoms with van der Waals surface area (Å²) >= 11 is 0. The summed E-state index contributed by atoms with van der Waals surface area (Å²) < 4.78 is 4.20. The molecule has 0 bridgehead atoms. The summed E-state index contributed by atoms with van der Waals surface area (Å²) in [6.07, 6.45) is -1.11. The van der Waals surface area contributed by atoms with Crippen LogP contribution in [0.25, 0.3) is 0 Å². The minimum absolute atomic E-state index is 0.0570. The highest BCUT2D eigenvalue weighted by Gasteiger charge is 2.21. The lowest BCUT2D eigenvalue weighted by Gasteiger charge is -2.12. The number of carbonyl (C=O) groups excluding carboxylic acids is 2. The second-order valence-corrected chi connectivity index (χ2v) is 2.82. The minimum atomic E-state index is -2.93. The van der Waals surface area contributed by atoms with Crippen molar-refractivity contribution < 1.29 is 29.6 Å². The van der Waals surface area contributed by atoms with Gasteiger partial charge in [-0.05, 0) is 6.92 Å². The Labute approximate surface area is 80.4 Å². The van der Waals surface area contributed by atoms with E-state index in [0.717, 1.165) is 0 Å². The maximum absolute atomic E-state index is 10.8. The Morgan fingerprint density at radius 1 is 1.36 bits per heavy atom. The molecule has 0 fully saturated rings. The third kappa shape index (κ3) is 6.30. The van der Waals surface area contributed by atoms with E-state index in [-0.39, 0.29) is 5.57 Å². The third-order valence-corrected chi connectivity index (χ3v) is 1.22. The first-order valence-electron chi connectivity index (χ1n) is 3.80. The number of hydrogen-bond donors (Lipinski definition) is 3. The Hall–Kier alpha value is -1.24. The summed E-state index contributed by atoms with van der Waals surface area (Å²) in [5.41, 5.74) is 0.0570. The van der Waals surface area contributed by atoms with Gasteiger partial charge in [-0.15, -0.1) is 0 Å². The normalized spacial score (nSPS) is 10.9. The van der Waals surface area contributed by atoms with Gasteiger partial charge >= 0.3 is 11.9 Å². The van der Waals surface area contributed by atoms with Crippen LogP contribution in [0.2, 0.25) is 0 Å². The maximum Gasteiger partial charge on any atom is 0.340 e. The summed E-state index contributed by atoms with van der Waals surface area (Å²) in [6.45, 7) is 4.61. The van der Waals surface area contributed by atoms with Gasteiger partial charge in [0.05, 0.1) is 6.42 Å². The van der Waals surface area contributed by atoms with Crippen LogP contribution in [0.5, 0.6) is 0 Å². The summed E-state index contributed by atoms with van der Waals surface area (Å²) in [5, 5.41) is 25.2. The summed E-state index contributed by atoms with van der Waals surface area (Å²) in [5.74, 6) is -4.76. The molecular formula is C8H12O6. The van der Waals surface area contributed by atoms with Crippen LogP contribution in [-0.2, 0) is 14.3 Å². The number of rotatable bonds is 4. The van der Waals surface area contributed by atoms with E-state index < -0.39 is 30.8 Å². The van der Waals surface area contributed by atoms with Crippen molar-refractivity contribution in [2.45, 2.75) is 25.7 Å². The highest BCUT2D eigenvalue weighted by Crippen LogP contribution is 2.06. The van der Waals surface area contributed by atoms with Crippen molar-refractivity contribution in [2.75, 3.05) is 0 Å². The van der Waals surface area contributed by atoms with Gasteiger partial charge in [-0.1, -0.05) is 6.58 Å². The second-order valence-electron chi connectivity index (χ2n) is 2.82. The van der Waals surface area contributed by atoms with Crippen LogP contribution in [0.4, 0.5) is 0 Å². The van der Waals surface area contributed by atoms with Crippen LogP contribution in [0, 0.1) is 0 Å². The number of aliphatic hydroxyl groups is 3. The molecule has 0 unspecified atom stereocenters. The fourth-order valence-electron chi connectivity index (χ4n) is 0.511. The molecule has 0 atom stereocenters. The van der Waals surface area contributed by atoms with E-state index in [1.54, 1.807) is 0 Å². The largest absolute Gasteiger partial charge is 0.390 e. The Bertz CT molecular complexity index is 249. The molecule has 0 heterocycles. The predicted molar refractivity (Wildman–Crippen MR) is 44.5 cm³/mol. The molecule has 14 heavy (non-hydrogen) atoms. The van der Waals surface area contributed by atoms with Crippen molar-refractivity contribution in [1.82, 2.24) is 0 Å². The highest BCUT2D eigenvalue weighted by molar-refractivity contribution is 5.95. The fourth-order valence-corrected chi connectivity index (χ4v) is 0.511. The number of carbonyl (C=O) groups is 2. The lowest BCUT2D eigenvalue weighted by Crippen LogP contribution is -2.28. The molecule has 0 aliphatic carbocycles. The van der Waals surface area contributed by atoms with Gasteiger partial charge in [0, 0.05) is 12.0 Å². The van der Waals surface area contributed by atoms with E-state index in [4.69, 9.17) is 15.3 Å². The van der Waals surface area contributed by atoms with Crippen LogP contribution in [-0.4, -0.2) is 33.2 Å². The van der Waals surface area contributed by atoms with Crippen molar-refractivity contribution in [3.05, 3.63) is 12.2 Å². The molecular weight excluding hydrogens is 192 g/mol. The first-order chi connectivity index (χ1) is 6.22. The van der Waals surface area contributed by atoms with E-state index in [2.05, 4.69) is 11.3 Å². The summed E-state index contributed by atoms with van der Waals surface area (Å²) in [7, 11) is 0. The van der Waals surface area contributed by atoms with E-state index in [1.807, 2.05) is 0 Å². The SMILES string of the molecule is C=C(C)C(=O)OC(=O)CCC(O)(O)O. The lowest BCUT2D eigenvalue weighted by molar-refractivity contribution is -0.314. The van der Waals surface area contributed by atoms with E-state index in [0.29, 0.717) is 0 Å². The average Bonchev–Trinajstić information content (AvgIpc) is 1.99. The zero-order valence-electron chi connectivity index (χ0n) is 7.69. The molecule has 6 nitrogen and oxygen atoms in total. The van der Waals surface area contributed by atoms with Crippen molar-refractivity contribution in [3.8, 4) is 0 Å². The second kappa shape index (κ2) is 4.85. The monoisotopic (exact) mass is 204 g/mol. The molecule has 0 aliphatic heterocycles. The van der Waals surface area contributed by atoms with Crippen LogP contribution in [0.3, 0.4) is 0 Å². The lowest BCUT2D eigenvalue weighted by atomic mass is 10.3. The van der Waals surface area contributed by atoms with Gasteiger partial charge in [0.2, 0.25) is 0 Å². The Morgan fingerprint density at radius 3 is 2.21 bits per heavy atom. The summed E-state index contributed by atoms with van der Waals surface area (Å²) in [4.78, 5) is 21.5. The van der Waals surface area contributed by atoms with E-state index in [1.165, 1.54) is 6.92 Å². The molecule has 0 aromatic carbocycles. The Morgan fingerprint density at radius 2 is 1.86 bits per heavy atom. The Kier molecular flexibility index (Phi) is 4.42. The molecule has 0 aromatic rings. The van der Waals surface area contributed by atoms with E-state index >= 15 is 0 Å². The average molecular weight is 204 g/mol. The van der Waals surface area contributed by atoms with E-state index in [9.17, 15) is 9.59 Å². The number of esters is 2. The highest BCUT2D eigenvalue weighted by atomic mass is 16.7. The van der Waals surface area contributed by atoms with Crippen LogP contribution in [0.15, 0.2) is 12.2 Å². The molecule has 0 amide bonds. The topological polar surface area (TPSA) is 104 Å². The zero-order chi connectivity index (χ0) is 11.4. The van der Waals surface area contributed by atoms with Crippen LogP contribution >= 0.6 is 0 Å². The molecule has 0 radical (unpaired) electrons. The number of hydrogen-bond acceptors (Lipinski definition) is 6. The Balaban J connectivity index is 3.89. The van der Waals surface area contributed by atoms with Gasteiger partial charge in [-0.25, -0.2) is 4.79 Å². The van der Waals surface area contributed by atoms with Crippen molar-refractivity contribution in [1.29, 1.82) is 0 Å². The first kappa shape index (κ1) is 12.8. The van der Waals surface area contributed by atoms with Gasteiger partial charge < -0.3 is 20.1 Å². The zero-order valence-corrected chi connectivity index (χ0v) is 7.69. The first-order valence-corrected chi connectivity index (χ1v) is 3.80. The number of ether oxygens (including phenoxy) is 1. The minimum Gasteiger partial charge on any atom is -0.390 e. The molecule has 80 valence electrons. The maximum atomic E-state index is 10.8. The van der Waals surface area contributed by atoms with Gasteiger partial charge in [0.25, 0.3) is 5.97 Å². The van der Waals surface area contributed by atoms with Crippen molar-refractivity contribution >= 4 is 11.9 Å². The molecule has 0 aromatic heterocycles. The molecule has 0 saturated heterocycles. The van der Waals surface area contributed by atoms with Gasteiger partial charge in [0.15, 0.2) is 0 Å². The summed E-state index contributed by atoms with van der Waals surface area (Å²) in [6, 6.07) is 0. The van der Waals surface area contributed by atoms with Crippen molar-refractivity contribution in [2.24, 2.45) is 0 Å². The standard InChI is InChI=1S/C8H12O6/c1-5(2)7(10)14-6(9)3-4-8(11,12)13/h11-13H,1,3-4H2,2H3. The van der Waals surface area contributed by atoms with Crippen LogP contribution in [0.1, 0.15) is 19.8 Å². The molecule has 0 rings (SSSR count). The molecule has 0 aliphatic rings. The van der Waals surface area contributed by atoms with Gasteiger partial charge in [-0.2, -0.15) is 0 Å². The molecule has 0 saturated carbocycles. The van der Waals surface area contributed by atoms with Crippen molar-refractivity contribution in [3.63, 3.8) is 0 Å². The molecule has 3 N–H and O–H groups in total. The van der Waals surface area contributed by atoms with Gasteiger partial charge in [0.1, 0.15) is 0 Å². The smallest absolute Gasteiger partial charge is 0.340 e. The predicted octanol–water partition coefficient (Wildman–Crippen LogP) is -0.957.